The van der Waals surface area contributed by atoms with E-state index in [0.29, 0.717) is 6.42 Å². The molecule has 0 rings (SSSR count). The summed E-state index contributed by atoms with van der Waals surface area (Å²) >= 11 is 0. The number of aliphatic hydroxyl groups is 2. The average Bonchev–Trinajstić information content (AvgIpc) is 3.33. The monoisotopic (exact) mass is 938 g/mol. The van der Waals surface area contributed by atoms with E-state index in [1.807, 2.05) is 6.08 Å². The topological polar surface area (TPSA) is 69.6 Å². The summed E-state index contributed by atoms with van der Waals surface area (Å²) in [5, 5.41) is 23.2. The van der Waals surface area contributed by atoms with Gasteiger partial charge < -0.3 is 15.5 Å². The van der Waals surface area contributed by atoms with Gasteiger partial charge in [0.2, 0.25) is 5.91 Å². The zero-order valence-corrected chi connectivity index (χ0v) is 45.4. The lowest BCUT2D eigenvalue weighted by molar-refractivity contribution is -0.123. The van der Waals surface area contributed by atoms with Gasteiger partial charge in [0.05, 0.1) is 18.8 Å². The lowest BCUT2D eigenvalue weighted by Crippen LogP contribution is -2.45. The lowest BCUT2D eigenvalue weighted by Gasteiger charge is -2.20. The highest BCUT2D eigenvalue weighted by molar-refractivity contribution is 5.76. The summed E-state index contributed by atoms with van der Waals surface area (Å²) in [6.45, 7) is 4.33. The van der Waals surface area contributed by atoms with E-state index >= 15 is 0 Å². The van der Waals surface area contributed by atoms with E-state index in [0.717, 1.165) is 38.5 Å². The molecule has 0 aromatic rings. The van der Waals surface area contributed by atoms with Gasteiger partial charge in [-0.1, -0.05) is 313 Å². The van der Waals surface area contributed by atoms with Gasteiger partial charge in [-0.2, -0.15) is 0 Å². The average molecular weight is 939 g/mol. The zero-order chi connectivity index (χ0) is 48.5. The van der Waals surface area contributed by atoms with Crippen molar-refractivity contribution < 1.29 is 15.0 Å². The molecule has 0 aromatic heterocycles. The molecule has 0 radical (unpaired) electrons. The fourth-order valence-corrected chi connectivity index (χ4v) is 9.42. The standard InChI is InChI=1S/C63H119NO3/c1-3-5-7-9-11-13-15-17-19-21-23-25-26-27-28-29-30-31-32-33-34-35-36-37-38-39-41-43-45-47-49-51-53-55-57-59-63(67)64-61(60-65)62(66)58-56-54-52-50-48-46-44-42-40-24-22-20-18-16-14-12-10-8-6-4-2/h15,17,21,23,26-27,56,58,61-62,65-66H,3-14,16,18-20,22,24-25,28-55,57,59-60H2,1-2H3,(H,64,67)/b17-15-,23-21-,27-26-,58-56+. The molecule has 2 unspecified atom stereocenters. The summed E-state index contributed by atoms with van der Waals surface area (Å²) in [4.78, 5) is 12.5. The van der Waals surface area contributed by atoms with Crippen LogP contribution in [0, 0.1) is 0 Å². The fraction of sp³-hybridized carbons (Fsp3) is 0.857. The lowest BCUT2D eigenvalue weighted by atomic mass is 10.0. The molecule has 3 N–H and O–H groups in total. The van der Waals surface area contributed by atoms with Crippen molar-refractivity contribution in [2.75, 3.05) is 6.61 Å². The van der Waals surface area contributed by atoms with Crippen molar-refractivity contribution in [2.24, 2.45) is 0 Å². The molecule has 0 aliphatic heterocycles. The first-order valence-corrected chi connectivity index (χ1v) is 30.4. The molecule has 0 fully saturated rings. The first-order chi connectivity index (χ1) is 33.2. The Morgan fingerprint density at radius 3 is 0.910 bits per heavy atom. The number of allylic oxidation sites excluding steroid dienone is 7. The summed E-state index contributed by atoms with van der Waals surface area (Å²) in [6, 6.07) is -0.622. The van der Waals surface area contributed by atoms with Crippen LogP contribution in [0.15, 0.2) is 48.6 Å². The van der Waals surface area contributed by atoms with Crippen molar-refractivity contribution in [3.63, 3.8) is 0 Å². The van der Waals surface area contributed by atoms with Crippen LogP contribution in [0.1, 0.15) is 328 Å². The summed E-state index contributed by atoms with van der Waals surface area (Å²) in [7, 11) is 0. The molecule has 4 nitrogen and oxygen atoms in total. The Hall–Kier alpha value is -1.65. The molecule has 4 heteroatoms. The maximum Gasteiger partial charge on any atom is 0.220 e. The Kier molecular flexibility index (Phi) is 57.2. The Balaban J connectivity index is 3.45. The normalized spacial score (nSPS) is 13.1. The van der Waals surface area contributed by atoms with Gasteiger partial charge in [-0.3, -0.25) is 4.79 Å². The van der Waals surface area contributed by atoms with Crippen LogP contribution in [0.5, 0.6) is 0 Å². The summed E-state index contributed by atoms with van der Waals surface area (Å²) < 4.78 is 0. The van der Waals surface area contributed by atoms with Gasteiger partial charge in [0.25, 0.3) is 0 Å². The predicted molar refractivity (Wildman–Crippen MR) is 299 cm³/mol. The van der Waals surface area contributed by atoms with Crippen molar-refractivity contribution in [1.82, 2.24) is 5.32 Å². The number of hydrogen-bond donors (Lipinski definition) is 3. The molecule has 1 amide bonds. The predicted octanol–water partition coefficient (Wildman–Crippen LogP) is 20.2. The van der Waals surface area contributed by atoms with Crippen LogP contribution < -0.4 is 5.32 Å². The van der Waals surface area contributed by atoms with Gasteiger partial charge in [-0.25, -0.2) is 0 Å². The summed E-state index contributed by atoms with van der Waals surface area (Å²) in [5.41, 5.74) is 0. The summed E-state index contributed by atoms with van der Waals surface area (Å²) in [6.07, 6.45) is 81.5. The Bertz CT molecular complexity index is 1060. The number of hydrogen-bond acceptors (Lipinski definition) is 3. The molecule has 0 bridgehead atoms. The number of carbonyl (C=O) groups excluding carboxylic acids is 1. The van der Waals surface area contributed by atoms with E-state index < -0.39 is 12.1 Å². The zero-order valence-electron chi connectivity index (χ0n) is 45.4. The van der Waals surface area contributed by atoms with E-state index in [-0.39, 0.29) is 12.5 Å². The molecular weight excluding hydrogens is 819 g/mol. The summed E-state index contributed by atoms with van der Waals surface area (Å²) in [5.74, 6) is -0.0587. The first-order valence-electron chi connectivity index (χ1n) is 30.4. The highest BCUT2D eigenvalue weighted by Gasteiger charge is 2.18. The number of carbonyl (C=O) groups is 1. The highest BCUT2D eigenvalue weighted by atomic mass is 16.3. The smallest absolute Gasteiger partial charge is 0.220 e. The van der Waals surface area contributed by atoms with Crippen molar-refractivity contribution >= 4 is 5.91 Å². The maximum absolute atomic E-state index is 12.5. The molecule has 0 spiro atoms. The molecule has 0 aliphatic carbocycles. The maximum atomic E-state index is 12.5. The van der Waals surface area contributed by atoms with Crippen LogP contribution in [0.25, 0.3) is 0 Å². The second-order valence-corrected chi connectivity index (χ2v) is 20.8. The van der Waals surface area contributed by atoms with Crippen LogP contribution in [0.4, 0.5) is 0 Å². The second-order valence-electron chi connectivity index (χ2n) is 20.8. The van der Waals surface area contributed by atoms with Gasteiger partial charge in [-0.05, 0) is 57.8 Å². The minimum absolute atomic E-state index is 0.0587. The number of aliphatic hydroxyl groups excluding tert-OH is 2. The molecule has 67 heavy (non-hydrogen) atoms. The third kappa shape index (κ3) is 55.2. The molecule has 0 saturated heterocycles. The molecule has 0 saturated carbocycles. The third-order valence-electron chi connectivity index (χ3n) is 14.1. The van der Waals surface area contributed by atoms with Crippen molar-refractivity contribution in [3.05, 3.63) is 48.6 Å². The molecule has 0 aliphatic rings. The SMILES string of the molecule is CCCCCCC/C=C\C/C=C\C/C=C\CCCCCCCCCCCCCCCCCCCCCCC(=O)NC(CO)C(O)/C=C/CCCCCCCCCCCCCCCCCCCC. The molecule has 394 valence electrons. The van der Waals surface area contributed by atoms with Crippen LogP contribution in [-0.2, 0) is 4.79 Å². The highest BCUT2D eigenvalue weighted by Crippen LogP contribution is 2.17. The molecule has 0 aromatic carbocycles. The number of amides is 1. The van der Waals surface area contributed by atoms with Crippen molar-refractivity contribution in [3.8, 4) is 0 Å². The van der Waals surface area contributed by atoms with Crippen LogP contribution in [-0.4, -0.2) is 34.9 Å². The largest absolute Gasteiger partial charge is 0.394 e. The van der Waals surface area contributed by atoms with Gasteiger partial charge in [0.15, 0.2) is 0 Å². The third-order valence-corrected chi connectivity index (χ3v) is 14.1. The van der Waals surface area contributed by atoms with Gasteiger partial charge in [-0.15, -0.1) is 0 Å². The first kappa shape index (κ1) is 65.3. The number of unbranched alkanes of at least 4 members (excludes halogenated alkanes) is 43. The molecule has 0 heterocycles. The van der Waals surface area contributed by atoms with E-state index in [1.54, 1.807) is 6.08 Å². The van der Waals surface area contributed by atoms with E-state index in [2.05, 4.69) is 55.6 Å². The van der Waals surface area contributed by atoms with Crippen LogP contribution in [0.2, 0.25) is 0 Å². The van der Waals surface area contributed by atoms with E-state index in [1.165, 1.54) is 270 Å². The second kappa shape index (κ2) is 58.7. The fourth-order valence-electron chi connectivity index (χ4n) is 9.42. The minimum Gasteiger partial charge on any atom is -0.394 e. The minimum atomic E-state index is -0.839. The van der Waals surface area contributed by atoms with Gasteiger partial charge >= 0.3 is 0 Å². The number of nitrogens with one attached hydrogen (secondary N) is 1. The quantitative estimate of drug-likeness (QED) is 0.0420. The van der Waals surface area contributed by atoms with E-state index in [9.17, 15) is 15.0 Å². The molecular formula is C63H119NO3. The number of rotatable bonds is 56. The Morgan fingerprint density at radius 1 is 0.358 bits per heavy atom. The van der Waals surface area contributed by atoms with E-state index in [4.69, 9.17) is 0 Å². The van der Waals surface area contributed by atoms with Gasteiger partial charge in [0, 0.05) is 6.42 Å². The van der Waals surface area contributed by atoms with Crippen molar-refractivity contribution in [2.45, 2.75) is 341 Å². The molecule has 2 atom stereocenters. The van der Waals surface area contributed by atoms with Gasteiger partial charge in [0.1, 0.15) is 0 Å². The Labute approximate surface area is 420 Å². The van der Waals surface area contributed by atoms with Crippen LogP contribution in [0.3, 0.4) is 0 Å². The Morgan fingerprint density at radius 2 is 0.612 bits per heavy atom. The van der Waals surface area contributed by atoms with Crippen molar-refractivity contribution in [1.29, 1.82) is 0 Å². The van der Waals surface area contributed by atoms with Crippen LogP contribution >= 0.6 is 0 Å².